The van der Waals surface area contributed by atoms with E-state index in [1.165, 1.54) is 4.90 Å². The van der Waals surface area contributed by atoms with E-state index in [-0.39, 0.29) is 37.2 Å². The number of aliphatic hydroxyl groups is 2. The summed E-state index contributed by atoms with van der Waals surface area (Å²) in [4.78, 5) is 28.5. The van der Waals surface area contributed by atoms with Crippen molar-refractivity contribution in [3.8, 4) is 11.5 Å². The Bertz CT molecular complexity index is 1450. The van der Waals surface area contributed by atoms with Crippen LogP contribution in [0.5, 0.6) is 11.5 Å². The van der Waals surface area contributed by atoms with Gasteiger partial charge in [-0.05, 0) is 67.7 Å². The van der Waals surface area contributed by atoms with Crippen molar-refractivity contribution in [3.63, 3.8) is 0 Å². The lowest BCUT2D eigenvalue weighted by molar-refractivity contribution is -0.123. The molecule has 4 atom stereocenters. The quantitative estimate of drug-likeness (QED) is 0.237. The van der Waals surface area contributed by atoms with Crippen LogP contribution in [0.1, 0.15) is 31.7 Å². The number of hydrogen-bond donors (Lipinski definition) is 3. The summed E-state index contributed by atoms with van der Waals surface area (Å²) >= 11 is 0. The van der Waals surface area contributed by atoms with E-state index in [2.05, 4.69) is 0 Å². The van der Waals surface area contributed by atoms with Gasteiger partial charge in [-0.3, -0.25) is 14.5 Å². The number of phenolic OH excluding ortho intramolecular Hbond substituents is 1. The van der Waals surface area contributed by atoms with Gasteiger partial charge in [0.15, 0.2) is 0 Å². The molecule has 7 nitrogen and oxygen atoms in total. The minimum atomic E-state index is -0.955. The van der Waals surface area contributed by atoms with E-state index in [0.29, 0.717) is 35.4 Å². The molecule has 7 heteroatoms. The molecule has 0 aromatic heterocycles. The van der Waals surface area contributed by atoms with Crippen LogP contribution in [0.4, 0.5) is 5.69 Å². The molecule has 1 aliphatic carbocycles. The van der Waals surface area contributed by atoms with Crippen LogP contribution in [0.25, 0.3) is 6.08 Å². The largest absolute Gasteiger partial charge is 0.507 e. The number of carbonyl (C=O) groups excluding carboxylic acids is 2. The molecule has 2 aliphatic rings. The number of para-hydroxylation sites is 3. The number of aliphatic hydroxyl groups excluding tert-OH is 2. The summed E-state index contributed by atoms with van der Waals surface area (Å²) < 4.78 is 6.06. The highest BCUT2D eigenvalue weighted by Crippen LogP contribution is 2.47. The number of allylic oxidation sites excluding steroid dienone is 1. The normalized spacial score (nSPS) is 21.7. The minimum Gasteiger partial charge on any atom is -0.507 e. The standard InChI is InChI=1S/C34H35NO6/c1-22(18-23-10-8-9-15-29(23)37)16-17-30(38)31-24(21-41-26-13-6-3-7-14-26)19-27-32(28(31)20-36)34(40)35(33(27)39)25-11-4-2-5-12-25/h2-15,18,27-28,30,32,36-38H,16-17,19-21H2,1H3/b22-18+/t27-,28+,30-,32-/m1/s1. The Morgan fingerprint density at radius 2 is 1.63 bits per heavy atom. The maximum Gasteiger partial charge on any atom is 0.238 e. The van der Waals surface area contributed by atoms with E-state index in [0.717, 1.165) is 11.1 Å². The molecule has 3 aromatic rings. The number of ether oxygens (including phenoxy) is 1. The number of amides is 2. The Balaban J connectivity index is 1.44. The molecule has 1 fully saturated rings. The lowest BCUT2D eigenvalue weighted by Gasteiger charge is -2.36. The van der Waals surface area contributed by atoms with Gasteiger partial charge in [-0.15, -0.1) is 0 Å². The fourth-order valence-corrected chi connectivity index (χ4v) is 6.08. The second-order valence-electron chi connectivity index (χ2n) is 10.7. The first-order chi connectivity index (χ1) is 19.9. The average Bonchev–Trinajstić information content (AvgIpc) is 3.25. The van der Waals surface area contributed by atoms with Gasteiger partial charge in [-0.25, -0.2) is 0 Å². The van der Waals surface area contributed by atoms with Crippen molar-refractivity contribution in [2.24, 2.45) is 17.8 Å². The van der Waals surface area contributed by atoms with Gasteiger partial charge in [-0.1, -0.05) is 66.2 Å². The number of hydrogen-bond acceptors (Lipinski definition) is 6. The molecule has 41 heavy (non-hydrogen) atoms. The molecule has 3 N–H and O–H groups in total. The lowest BCUT2D eigenvalue weighted by Crippen LogP contribution is -2.40. The number of fused-ring (bicyclic) bond motifs is 1. The molecule has 5 rings (SSSR count). The van der Waals surface area contributed by atoms with Crippen molar-refractivity contribution >= 4 is 23.6 Å². The average molecular weight is 554 g/mol. The number of anilines is 1. The first-order valence-corrected chi connectivity index (χ1v) is 14.0. The van der Waals surface area contributed by atoms with Gasteiger partial charge in [0.1, 0.15) is 18.1 Å². The summed E-state index contributed by atoms with van der Waals surface area (Å²) in [6.45, 7) is 1.69. The van der Waals surface area contributed by atoms with Gasteiger partial charge >= 0.3 is 0 Å². The van der Waals surface area contributed by atoms with Crippen LogP contribution in [-0.2, 0) is 9.59 Å². The third-order valence-corrected chi connectivity index (χ3v) is 8.06. The Morgan fingerprint density at radius 3 is 2.32 bits per heavy atom. The van der Waals surface area contributed by atoms with Gasteiger partial charge in [0.25, 0.3) is 0 Å². The fourth-order valence-electron chi connectivity index (χ4n) is 6.08. The molecule has 0 bridgehead atoms. The molecule has 0 radical (unpaired) electrons. The number of nitrogens with zero attached hydrogens (tertiary/aromatic N) is 1. The Kier molecular flexibility index (Phi) is 8.67. The Morgan fingerprint density at radius 1 is 0.976 bits per heavy atom. The smallest absolute Gasteiger partial charge is 0.238 e. The molecule has 1 saturated heterocycles. The van der Waals surface area contributed by atoms with Crippen LogP contribution in [0, 0.1) is 17.8 Å². The second-order valence-corrected chi connectivity index (χ2v) is 10.7. The van der Waals surface area contributed by atoms with Crippen LogP contribution in [-0.4, -0.2) is 46.5 Å². The van der Waals surface area contributed by atoms with Crippen molar-refractivity contribution in [1.29, 1.82) is 0 Å². The first kappa shape index (κ1) is 28.3. The molecule has 3 aromatic carbocycles. The molecule has 0 unspecified atom stereocenters. The zero-order valence-corrected chi connectivity index (χ0v) is 23.0. The monoisotopic (exact) mass is 553 g/mol. The zero-order chi connectivity index (χ0) is 28.9. The summed E-state index contributed by atoms with van der Waals surface area (Å²) in [7, 11) is 0. The Hall–Kier alpha value is -4.20. The predicted octanol–water partition coefficient (Wildman–Crippen LogP) is 5.13. The molecule has 1 heterocycles. The van der Waals surface area contributed by atoms with E-state index in [1.807, 2.05) is 61.5 Å². The van der Waals surface area contributed by atoms with Gasteiger partial charge < -0.3 is 20.1 Å². The lowest BCUT2D eigenvalue weighted by atomic mass is 9.68. The summed E-state index contributed by atoms with van der Waals surface area (Å²) in [5.74, 6) is -1.95. The molecule has 212 valence electrons. The maximum absolute atomic E-state index is 13.7. The first-order valence-electron chi connectivity index (χ1n) is 14.0. The number of rotatable bonds is 10. The Labute approximate surface area is 240 Å². The number of benzene rings is 3. The summed E-state index contributed by atoms with van der Waals surface area (Å²) in [5.41, 5.74) is 3.48. The minimum absolute atomic E-state index is 0.135. The van der Waals surface area contributed by atoms with Gasteiger partial charge in [-0.2, -0.15) is 0 Å². The molecule has 0 saturated carbocycles. The molecular weight excluding hydrogens is 518 g/mol. The number of phenols is 1. The zero-order valence-electron chi connectivity index (χ0n) is 23.0. The molecule has 2 amide bonds. The van der Waals surface area contributed by atoms with E-state index in [9.17, 15) is 24.9 Å². The van der Waals surface area contributed by atoms with Crippen LogP contribution in [0.15, 0.2) is 102 Å². The highest BCUT2D eigenvalue weighted by Gasteiger charge is 2.55. The molecular formula is C34H35NO6. The van der Waals surface area contributed by atoms with Crippen molar-refractivity contribution in [3.05, 3.63) is 107 Å². The van der Waals surface area contributed by atoms with E-state index < -0.39 is 23.9 Å². The summed E-state index contributed by atoms with van der Waals surface area (Å²) in [5, 5.41) is 32.3. The van der Waals surface area contributed by atoms with E-state index in [4.69, 9.17) is 4.74 Å². The number of carbonyl (C=O) groups is 2. The fraction of sp³-hybridized carbons (Fsp3) is 0.294. The number of imide groups is 1. The van der Waals surface area contributed by atoms with Crippen molar-refractivity contribution in [2.75, 3.05) is 18.1 Å². The molecule has 1 aliphatic heterocycles. The summed E-state index contributed by atoms with van der Waals surface area (Å²) in [6.07, 6.45) is 2.07. The summed E-state index contributed by atoms with van der Waals surface area (Å²) in [6, 6.07) is 25.2. The van der Waals surface area contributed by atoms with Crippen LogP contribution in [0.3, 0.4) is 0 Å². The van der Waals surface area contributed by atoms with E-state index in [1.54, 1.807) is 36.4 Å². The predicted molar refractivity (Wildman–Crippen MR) is 157 cm³/mol. The van der Waals surface area contributed by atoms with Crippen LogP contribution in [0.2, 0.25) is 0 Å². The third kappa shape index (κ3) is 5.97. The van der Waals surface area contributed by atoms with Gasteiger partial charge in [0.05, 0.1) is 30.2 Å². The second kappa shape index (κ2) is 12.5. The van der Waals surface area contributed by atoms with Crippen molar-refractivity contribution < 1.29 is 29.6 Å². The van der Waals surface area contributed by atoms with Gasteiger partial charge in [0.2, 0.25) is 11.8 Å². The highest BCUT2D eigenvalue weighted by atomic mass is 16.5. The topological polar surface area (TPSA) is 107 Å². The molecule has 0 spiro atoms. The van der Waals surface area contributed by atoms with Crippen LogP contribution < -0.4 is 9.64 Å². The van der Waals surface area contributed by atoms with E-state index >= 15 is 0 Å². The SMILES string of the molecule is C/C(=C\c1ccccc1O)CC[C@@H](O)C1=C(COc2ccccc2)C[C@H]2C(=O)N(c3ccccc3)C(=O)[C@H]2[C@H]1CO. The third-order valence-electron chi connectivity index (χ3n) is 8.06. The van der Waals surface area contributed by atoms with Crippen molar-refractivity contribution in [2.45, 2.75) is 32.3 Å². The van der Waals surface area contributed by atoms with Crippen molar-refractivity contribution in [1.82, 2.24) is 0 Å². The van der Waals surface area contributed by atoms with Crippen LogP contribution >= 0.6 is 0 Å². The highest BCUT2D eigenvalue weighted by molar-refractivity contribution is 6.22. The number of aromatic hydroxyl groups is 1. The maximum atomic E-state index is 13.7. The van der Waals surface area contributed by atoms with Gasteiger partial charge in [0, 0.05) is 11.5 Å².